The SMILES string of the molecule is CS(=O)(=O)c1ccc(N2CCOCC2)c(C(=O)N2CCN(c3ccnc(C(F)(F)F)c3)CC2)c1. The minimum absolute atomic E-state index is 0.0583. The van der Waals surface area contributed by atoms with Crippen molar-refractivity contribution in [2.24, 2.45) is 0 Å². The molecule has 8 nitrogen and oxygen atoms in total. The number of rotatable bonds is 4. The Morgan fingerprint density at radius 2 is 1.65 bits per heavy atom. The lowest BCUT2D eigenvalue weighted by Gasteiger charge is -2.37. The smallest absolute Gasteiger partial charge is 0.378 e. The fourth-order valence-corrected chi connectivity index (χ4v) is 4.75. The van der Waals surface area contributed by atoms with E-state index in [-0.39, 0.29) is 23.9 Å². The van der Waals surface area contributed by atoms with Crippen LogP contribution < -0.4 is 9.80 Å². The Hall–Kier alpha value is -2.86. The van der Waals surface area contributed by atoms with Gasteiger partial charge in [-0.25, -0.2) is 8.42 Å². The van der Waals surface area contributed by atoms with Crippen LogP contribution in [0.3, 0.4) is 0 Å². The fraction of sp³-hybridized carbons (Fsp3) is 0.455. The summed E-state index contributed by atoms with van der Waals surface area (Å²) in [6.07, 6.45) is -2.32. The second kappa shape index (κ2) is 9.41. The molecule has 2 aromatic rings. The van der Waals surface area contributed by atoms with E-state index in [0.717, 1.165) is 18.5 Å². The molecule has 0 N–H and O–H groups in total. The average molecular weight is 499 g/mol. The van der Waals surface area contributed by atoms with Crippen LogP contribution in [0.5, 0.6) is 0 Å². The summed E-state index contributed by atoms with van der Waals surface area (Å²) in [5, 5.41) is 0. The number of sulfone groups is 1. The quantitative estimate of drug-likeness (QED) is 0.640. The molecule has 0 bridgehead atoms. The predicted octanol–water partition coefficient (Wildman–Crippen LogP) is 2.30. The number of morpholine rings is 1. The zero-order valence-electron chi connectivity index (χ0n) is 18.6. The lowest BCUT2D eigenvalue weighted by molar-refractivity contribution is -0.141. The van der Waals surface area contributed by atoms with Gasteiger partial charge >= 0.3 is 6.18 Å². The number of nitrogens with zero attached hydrogens (tertiary/aromatic N) is 4. The number of hydrogen-bond donors (Lipinski definition) is 0. The van der Waals surface area contributed by atoms with E-state index in [2.05, 4.69) is 4.98 Å². The first-order valence-corrected chi connectivity index (χ1v) is 12.7. The molecule has 0 saturated carbocycles. The molecule has 1 aromatic heterocycles. The third kappa shape index (κ3) is 5.27. The number of anilines is 2. The molecule has 0 unspecified atom stereocenters. The van der Waals surface area contributed by atoms with E-state index in [0.29, 0.717) is 56.3 Å². The number of alkyl halides is 3. The Balaban J connectivity index is 1.54. The Kier molecular flexibility index (Phi) is 6.72. The third-order valence-electron chi connectivity index (χ3n) is 5.94. The van der Waals surface area contributed by atoms with E-state index in [1.54, 1.807) is 15.9 Å². The van der Waals surface area contributed by atoms with Crippen molar-refractivity contribution in [2.75, 3.05) is 68.5 Å². The number of benzene rings is 1. The van der Waals surface area contributed by atoms with Gasteiger partial charge in [0.25, 0.3) is 5.91 Å². The summed E-state index contributed by atoms with van der Waals surface area (Å²) in [5.74, 6) is -0.308. The fourth-order valence-electron chi connectivity index (χ4n) is 4.11. The van der Waals surface area contributed by atoms with Crippen molar-refractivity contribution in [1.29, 1.82) is 0 Å². The molecule has 4 rings (SSSR count). The summed E-state index contributed by atoms with van der Waals surface area (Å²) in [5.41, 5.74) is 0.368. The number of halogens is 3. The number of ether oxygens (including phenoxy) is 1. The Bertz CT molecular complexity index is 1160. The normalized spacial score (nSPS) is 17.7. The van der Waals surface area contributed by atoms with Gasteiger partial charge in [-0.2, -0.15) is 13.2 Å². The van der Waals surface area contributed by atoms with Gasteiger partial charge in [-0.05, 0) is 30.3 Å². The van der Waals surface area contributed by atoms with Crippen molar-refractivity contribution in [1.82, 2.24) is 9.88 Å². The van der Waals surface area contributed by atoms with E-state index >= 15 is 0 Å². The van der Waals surface area contributed by atoms with Crippen LogP contribution in [0, 0.1) is 0 Å². The molecule has 2 saturated heterocycles. The first-order chi connectivity index (χ1) is 16.0. The zero-order chi connectivity index (χ0) is 24.5. The van der Waals surface area contributed by atoms with Crippen molar-refractivity contribution >= 4 is 27.1 Å². The molecule has 12 heteroatoms. The Morgan fingerprint density at radius 3 is 2.26 bits per heavy atom. The predicted molar refractivity (Wildman–Crippen MR) is 120 cm³/mol. The van der Waals surface area contributed by atoms with E-state index < -0.39 is 21.7 Å². The molecule has 0 spiro atoms. The van der Waals surface area contributed by atoms with E-state index in [9.17, 15) is 26.4 Å². The third-order valence-corrected chi connectivity index (χ3v) is 7.05. The van der Waals surface area contributed by atoms with Crippen LogP contribution in [0.2, 0.25) is 0 Å². The molecule has 1 amide bonds. The first kappa shape index (κ1) is 24.3. The van der Waals surface area contributed by atoms with Crippen molar-refractivity contribution < 1.29 is 31.1 Å². The number of amides is 1. The van der Waals surface area contributed by atoms with Gasteiger partial charge in [0.05, 0.1) is 23.7 Å². The highest BCUT2D eigenvalue weighted by Gasteiger charge is 2.33. The van der Waals surface area contributed by atoms with Gasteiger partial charge in [0.1, 0.15) is 5.69 Å². The van der Waals surface area contributed by atoms with Crippen LogP contribution in [0.4, 0.5) is 24.5 Å². The summed E-state index contributed by atoms with van der Waals surface area (Å²) in [4.78, 5) is 22.3. The summed E-state index contributed by atoms with van der Waals surface area (Å²) >= 11 is 0. The molecule has 2 fully saturated rings. The van der Waals surface area contributed by atoms with Gasteiger partial charge in [-0.1, -0.05) is 0 Å². The maximum Gasteiger partial charge on any atom is 0.433 e. The first-order valence-electron chi connectivity index (χ1n) is 10.8. The molecule has 0 aliphatic carbocycles. The molecule has 1 aromatic carbocycles. The topological polar surface area (TPSA) is 83.0 Å². The van der Waals surface area contributed by atoms with Crippen molar-refractivity contribution in [3.8, 4) is 0 Å². The minimum atomic E-state index is -4.53. The van der Waals surface area contributed by atoms with Crippen molar-refractivity contribution in [3.63, 3.8) is 0 Å². The Labute approximate surface area is 195 Å². The maximum absolute atomic E-state index is 13.5. The summed E-state index contributed by atoms with van der Waals surface area (Å²) in [6.45, 7) is 3.42. The monoisotopic (exact) mass is 498 g/mol. The molecular weight excluding hydrogens is 473 g/mol. The van der Waals surface area contributed by atoms with Gasteiger partial charge < -0.3 is 19.4 Å². The van der Waals surface area contributed by atoms with Crippen molar-refractivity contribution in [3.05, 3.63) is 47.8 Å². The molecule has 2 aliphatic heterocycles. The van der Waals surface area contributed by atoms with E-state index in [1.165, 1.54) is 18.2 Å². The molecule has 34 heavy (non-hydrogen) atoms. The highest BCUT2D eigenvalue weighted by molar-refractivity contribution is 7.90. The Morgan fingerprint density at radius 1 is 0.971 bits per heavy atom. The zero-order valence-corrected chi connectivity index (χ0v) is 19.4. The number of piperazine rings is 1. The number of pyridine rings is 1. The van der Waals surface area contributed by atoms with Gasteiger partial charge in [0.15, 0.2) is 9.84 Å². The van der Waals surface area contributed by atoms with Gasteiger partial charge in [0.2, 0.25) is 0 Å². The summed E-state index contributed by atoms with van der Waals surface area (Å²) in [7, 11) is -3.52. The molecular formula is C22H25F3N4O4S. The number of carbonyl (C=O) groups is 1. The minimum Gasteiger partial charge on any atom is -0.378 e. The second-order valence-corrected chi connectivity index (χ2v) is 10.2. The number of aromatic nitrogens is 1. The number of hydrogen-bond acceptors (Lipinski definition) is 7. The number of carbonyl (C=O) groups excluding carboxylic acids is 1. The lowest BCUT2D eigenvalue weighted by Crippen LogP contribution is -2.49. The van der Waals surface area contributed by atoms with Gasteiger partial charge in [0, 0.05) is 63.1 Å². The molecule has 2 aliphatic rings. The highest BCUT2D eigenvalue weighted by Crippen LogP contribution is 2.31. The maximum atomic E-state index is 13.5. The second-order valence-electron chi connectivity index (χ2n) is 8.23. The largest absolute Gasteiger partial charge is 0.433 e. The lowest BCUT2D eigenvalue weighted by atomic mass is 10.1. The van der Waals surface area contributed by atoms with Gasteiger partial charge in [-0.3, -0.25) is 9.78 Å². The molecule has 0 radical (unpaired) electrons. The van der Waals surface area contributed by atoms with Crippen LogP contribution >= 0.6 is 0 Å². The van der Waals surface area contributed by atoms with Crippen LogP contribution in [-0.2, 0) is 20.8 Å². The standard InChI is InChI=1S/C22H25F3N4O4S/c1-34(31,32)17-2-3-19(28-10-12-33-13-11-28)18(15-17)21(30)29-8-6-27(7-9-29)16-4-5-26-20(14-16)22(23,24)25/h2-5,14-15H,6-13H2,1H3. The highest BCUT2D eigenvalue weighted by atomic mass is 32.2. The van der Waals surface area contributed by atoms with Crippen LogP contribution in [0.25, 0.3) is 0 Å². The molecule has 3 heterocycles. The molecule has 0 atom stereocenters. The van der Waals surface area contributed by atoms with Crippen molar-refractivity contribution in [2.45, 2.75) is 11.1 Å². The van der Waals surface area contributed by atoms with Crippen LogP contribution in [0.1, 0.15) is 16.1 Å². The average Bonchev–Trinajstić information content (AvgIpc) is 2.83. The van der Waals surface area contributed by atoms with Gasteiger partial charge in [-0.15, -0.1) is 0 Å². The van der Waals surface area contributed by atoms with E-state index in [1.807, 2.05) is 4.90 Å². The summed E-state index contributed by atoms with van der Waals surface area (Å²) < 4.78 is 68.7. The van der Waals surface area contributed by atoms with Crippen LogP contribution in [-0.4, -0.2) is 82.9 Å². The summed E-state index contributed by atoms with van der Waals surface area (Å²) in [6, 6.07) is 7.08. The van der Waals surface area contributed by atoms with E-state index in [4.69, 9.17) is 4.74 Å². The van der Waals surface area contributed by atoms with Crippen LogP contribution in [0.15, 0.2) is 41.4 Å². The molecule has 184 valence electrons.